The highest BCUT2D eigenvalue weighted by Gasteiger charge is 2.26. The molecule has 35 heavy (non-hydrogen) atoms. The van der Waals surface area contributed by atoms with Crippen molar-refractivity contribution in [2.75, 3.05) is 19.0 Å². The van der Waals surface area contributed by atoms with Gasteiger partial charge in [0.2, 0.25) is 5.52 Å². The fourth-order valence-corrected chi connectivity index (χ4v) is 6.47. The zero-order chi connectivity index (χ0) is 24.6. The van der Waals surface area contributed by atoms with E-state index in [1.54, 1.807) is 0 Å². The number of rotatable bonds is 5. The number of allylic oxidation sites excluding steroid dienone is 4. The van der Waals surface area contributed by atoms with Crippen molar-refractivity contribution in [3.05, 3.63) is 94.5 Å². The van der Waals surface area contributed by atoms with Gasteiger partial charge in [-0.15, -0.1) is 0 Å². The minimum absolute atomic E-state index is 0.245. The van der Waals surface area contributed by atoms with Crippen LogP contribution in [0.25, 0.3) is 33.1 Å². The van der Waals surface area contributed by atoms with Gasteiger partial charge >= 0.3 is 0 Å². The Bertz CT molecular complexity index is 1460. The molecule has 0 radical (unpaired) electrons. The third-order valence-electron chi connectivity index (χ3n) is 6.87. The molecule has 3 heteroatoms. The van der Waals surface area contributed by atoms with Gasteiger partial charge in [0.25, 0.3) is 5.01 Å². The van der Waals surface area contributed by atoms with E-state index in [0.29, 0.717) is 0 Å². The fourth-order valence-electron chi connectivity index (χ4n) is 5.25. The van der Waals surface area contributed by atoms with E-state index < -0.39 is 0 Å². The van der Waals surface area contributed by atoms with E-state index in [0.717, 1.165) is 19.4 Å². The molecule has 0 saturated carbocycles. The molecule has 0 saturated heterocycles. The summed E-state index contributed by atoms with van der Waals surface area (Å²) in [4.78, 5) is 2.14. The number of thiazole rings is 1. The van der Waals surface area contributed by atoms with Crippen LogP contribution in [0.2, 0.25) is 0 Å². The normalized spacial score (nSPS) is 16.9. The minimum atomic E-state index is 0.245. The summed E-state index contributed by atoms with van der Waals surface area (Å²) in [5.74, 6) is 0. The molecule has 4 aromatic rings. The lowest BCUT2D eigenvalue weighted by Gasteiger charge is -2.30. The highest BCUT2D eigenvalue weighted by Crippen LogP contribution is 2.40. The third-order valence-corrected chi connectivity index (χ3v) is 7.97. The molecule has 3 aromatic carbocycles. The summed E-state index contributed by atoms with van der Waals surface area (Å²) >= 11 is 1.91. The SMILES string of the molecule is CC[n+]1c(/C=C2C=C(/C=C/c3ccc(N(C)C)cc3)CC(C)(C)C/2)sc2ccc3ccccc3c21. The molecular formula is C32H35N2S+. The van der Waals surface area contributed by atoms with Gasteiger partial charge in [0.05, 0.1) is 5.39 Å². The molecule has 0 fully saturated rings. The molecule has 5 rings (SSSR count). The Balaban J connectivity index is 1.52. The van der Waals surface area contributed by atoms with E-state index in [4.69, 9.17) is 0 Å². The quantitative estimate of drug-likeness (QED) is 0.261. The van der Waals surface area contributed by atoms with Crippen molar-refractivity contribution in [1.82, 2.24) is 0 Å². The van der Waals surface area contributed by atoms with E-state index in [2.05, 4.69) is 129 Å². The first kappa shape index (κ1) is 23.6. The van der Waals surface area contributed by atoms with Gasteiger partial charge in [0, 0.05) is 25.9 Å². The van der Waals surface area contributed by atoms with Gasteiger partial charge in [0.1, 0.15) is 11.2 Å². The van der Waals surface area contributed by atoms with Crippen LogP contribution in [-0.2, 0) is 6.54 Å². The molecule has 1 aliphatic carbocycles. The zero-order valence-corrected chi connectivity index (χ0v) is 22.3. The molecule has 0 amide bonds. The average molecular weight is 480 g/mol. The van der Waals surface area contributed by atoms with E-state index in [1.165, 1.54) is 48.4 Å². The van der Waals surface area contributed by atoms with Crippen LogP contribution in [0.5, 0.6) is 0 Å². The molecule has 2 nitrogen and oxygen atoms in total. The van der Waals surface area contributed by atoms with Crippen LogP contribution in [0.15, 0.2) is 84.0 Å². The number of fused-ring (bicyclic) bond motifs is 3. The first-order valence-corrected chi connectivity index (χ1v) is 13.4. The zero-order valence-electron chi connectivity index (χ0n) is 21.5. The predicted octanol–water partition coefficient (Wildman–Crippen LogP) is 8.27. The summed E-state index contributed by atoms with van der Waals surface area (Å²) in [6.45, 7) is 8.00. The van der Waals surface area contributed by atoms with Crippen molar-refractivity contribution in [3.63, 3.8) is 0 Å². The maximum absolute atomic E-state index is 2.49. The van der Waals surface area contributed by atoms with Crippen LogP contribution in [0.1, 0.15) is 44.2 Å². The molecule has 0 spiro atoms. The maximum atomic E-state index is 2.49. The molecule has 0 aliphatic heterocycles. The van der Waals surface area contributed by atoms with Gasteiger partial charge in [-0.25, -0.2) is 0 Å². The molecule has 0 bridgehead atoms. The molecule has 1 aliphatic rings. The van der Waals surface area contributed by atoms with Crippen LogP contribution in [-0.4, -0.2) is 14.1 Å². The summed E-state index contributed by atoms with van der Waals surface area (Å²) in [5, 5.41) is 3.99. The van der Waals surface area contributed by atoms with Crippen LogP contribution in [0.4, 0.5) is 5.69 Å². The van der Waals surface area contributed by atoms with Crippen LogP contribution < -0.4 is 9.47 Å². The van der Waals surface area contributed by atoms with E-state index in [-0.39, 0.29) is 5.41 Å². The fraction of sp³-hybridized carbons (Fsp3) is 0.281. The Morgan fingerprint density at radius 1 is 0.943 bits per heavy atom. The van der Waals surface area contributed by atoms with Crippen molar-refractivity contribution in [3.8, 4) is 0 Å². The second kappa shape index (κ2) is 9.47. The third kappa shape index (κ3) is 4.97. The van der Waals surface area contributed by atoms with Crippen molar-refractivity contribution in [2.24, 2.45) is 5.41 Å². The molecule has 0 unspecified atom stereocenters. The first-order chi connectivity index (χ1) is 16.8. The van der Waals surface area contributed by atoms with Crippen molar-refractivity contribution in [1.29, 1.82) is 0 Å². The Morgan fingerprint density at radius 3 is 2.46 bits per heavy atom. The summed E-state index contributed by atoms with van der Waals surface area (Å²) in [5.41, 5.74) is 6.90. The molecule has 1 aromatic heterocycles. The summed E-state index contributed by atoms with van der Waals surface area (Å²) in [7, 11) is 4.16. The smallest absolute Gasteiger partial charge is 0.263 e. The number of aryl methyl sites for hydroxylation is 1. The Labute approximate surface area is 213 Å². The van der Waals surface area contributed by atoms with Crippen molar-refractivity contribution < 1.29 is 4.57 Å². The number of hydrogen-bond donors (Lipinski definition) is 0. The van der Waals surface area contributed by atoms with E-state index in [9.17, 15) is 0 Å². The number of hydrogen-bond acceptors (Lipinski definition) is 2. The van der Waals surface area contributed by atoms with Crippen LogP contribution in [0.3, 0.4) is 0 Å². The second-order valence-electron chi connectivity index (χ2n) is 10.6. The topological polar surface area (TPSA) is 7.12 Å². The van der Waals surface area contributed by atoms with Crippen LogP contribution in [0, 0.1) is 5.41 Å². The second-order valence-corrected chi connectivity index (χ2v) is 11.7. The lowest BCUT2D eigenvalue weighted by molar-refractivity contribution is -0.664. The molecule has 0 N–H and O–H groups in total. The minimum Gasteiger partial charge on any atom is -0.378 e. The maximum Gasteiger partial charge on any atom is 0.263 e. The lowest BCUT2D eigenvalue weighted by atomic mass is 9.75. The lowest BCUT2D eigenvalue weighted by Crippen LogP contribution is -2.33. The highest BCUT2D eigenvalue weighted by molar-refractivity contribution is 7.19. The summed E-state index contributed by atoms with van der Waals surface area (Å²) < 4.78 is 3.85. The van der Waals surface area contributed by atoms with Gasteiger partial charge in [-0.2, -0.15) is 4.57 Å². The van der Waals surface area contributed by atoms with Crippen molar-refractivity contribution >= 4 is 50.2 Å². The number of aromatic nitrogens is 1. The first-order valence-electron chi connectivity index (χ1n) is 12.5. The standard InChI is InChI=1S/C32H35N2S/c1-6-34-30(35-29-18-15-26-9-7-8-10-28(26)31(29)34)20-25-19-24(21-32(2,3)22-25)12-11-23-13-16-27(17-14-23)33(4)5/h7-20H,6,21-22H2,1-5H3/q+1. The van der Waals surface area contributed by atoms with E-state index >= 15 is 0 Å². The summed E-state index contributed by atoms with van der Waals surface area (Å²) in [6, 6.07) is 22.0. The van der Waals surface area contributed by atoms with E-state index in [1.807, 2.05) is 11.3 Å². The van der Waals surface area contributed by atoms with Gasteiger partial charge in [-0.3, -0.25) is 0 Å². The van der Waals surface area contributed by atoms with Gasteiger partial charge in [-0.1, -0.05) is 79.8 Å². The van der Waals surface area contributed by atoms with Crippen molar-refractivity contribution in [2.45, 2.75) is 40.2 Å². The van der Waals surface area contributed by atoms with Gasteiger partial charge < -0.3 is 4.90 Å². The molecule has 178 valence electrons. The Morgan fingerprint density at radius 2 is 1.71 bits per heavy atom. The predicted molar refractivity (Wildman–Crippen MR) is 154 cm³/mol. The number of nitrogens with zero attached hydrogens (tertiary/aromatic N) is 2. The van der Waals surface area contributed by atoms with Crippen LogP contribution >= 0.6 is 11.3 Å². The monoisotopic (exact) mass is 479 g/mol. The number of anilines is 1. The largest absolute Gasteiger partial charge is 0.378 e. The summed E-state index contributed by atoms with van der Waals surface area (Å²) in [6.07, 6.45) is 11.6. The van der Waals surface area contributed by atoms with Gasteiger partial charge in [0.15, 0.2) is 0 Å². The molecule has 0 atom stereocenters. The number of benzene rings is 3. The molecule has 1 heterocycles. The molecular weight excluding hydrogens is 444 g/mol. The van der Waals surface area contributed by atoms with Gasteiger partial charge in [-0.05, 0) is 71.5 Å². The Kier molecular flexibility index (Phi) is 6.37. The average Bonchev–Trinajstić information content (AvgIpc) is 3.19. The highest BCUT2D eigenvalue weighted by atomic mass is 32.1. The Hall–Kier alpha value is -3.17.